The first-order valence-corrected chi connectivity index (χ1v) is 8.67. The highest BCUT2D eigenvalue weighted by Crippen LogP contribution is 2.36. The molecule has 1 heterocycles. The fraction of sp³-hybridized carbons (Fsp3) is 0.632. The monoisotopic (exact) mass is 337 g/mol. The van der Waals surface area contributed by atoms with Crippen molar-refractivity contribution in [3.05, 3.63) is 35.6 Å². The summed E-state index contributed by atoms with van der Waals surface area (Å²) >= 11 is 0. The van der Waals surface area contributed by atoms with E-state index in [9.17, 15) is 14.3 Å². The molecule has 1 aromatic carbocycles. The van der Waals surface area contributed by atoms with Gasteiger partial charge in [0.25, 0.3) is 0 Å². The van der Waals surface area contributed by atoms with E-state index in [4.69, 9.17) is 4.74 Å². The van der Waals surface area contributed by atoms with Crippen LogP contribution in [-0.4, -0.2) is 33.8 Å². The van der Waals surface area contributed by atoms with E-state index in [0.717, 1.165) is 19.3 Å². The lowest BCUT2D eigenvalue weighted by Gasteiger charge is -2.34. The van der Waals surface area contributed by atoms with Gasteiger partial charge in [-0.05, 0) is 57.7 Å². The zero-order valence-electron chi connectivity index (χ0n) is 15.0. The van der Waals surface area contributed by atoms with Crippen LogP contribution >= 0.6 is 0 Å². The summed E-state index contributed by atoms with van der Waals surface area (Å²) in [6.07, 6.45) is 2.00. The van der Waals surface area contributed by atoms with E-state index >= 15 is 0 Å². The number of aliphatic hydroxyl groups is 1. The normalized spacial score (nSPS) is 22.5. The highest BCUT2D eigenvalue weighted by atomic mass is 19.1. The molecule has 1 aliphatic rings. The molecule has 4 nitrogen and oxygen atoms in total. The molecule has 5 heteroatoms. The third-order valence-electron chi connectivity index (χ3n) is 4.33. The summed E-state index contributed by atoms with van der Waals surface area (Å²) in [7, 11) is 0. The molecule has 0 bridgehead atoms. The SMILES string of the molecule is CCC[C@H]1CC[C@H](C(O)c2cccc(F)c2)N1C(=O)OC(C)(C)C. The second kappa shape index (κ2) is 7.51. The Balaban J connectivity index is 2.24. The molecular formula is C19H28FNO3. The zero-order chi connectivity index (χ0) is 17.9. The predicted octanol–water partition coefficient (Wildman–Crippen LogP) is 4.43. The van der Waals surface area contributed by atoms with E-state index in [0.29, 0.717) is 12.0 Å². The Morgan fingerprint density at radius 1 is 1.42 bits per heavy atom. The first kappa shape index (κ1) is 18.7. The highest BCUT2D eigenvalue weighted by molar-refractivity contribution is 5.69. The van der Waals surface area contributed by atoms with Gasteiger partial charge in [-0.3, -0.25) is 4.90 Å². The molecule has 0 aromatic heterocycles. The van der Waals surface area contributed by atoms with Gasteiger partial charge in [0, 0.05) is 6.04 Å². The van der Waals surface area contributed by atoms with E-state index in [-0.39, 0.29) is 6.04 Å². The number of carbonyl (C=O) groups is 1. The first-order chi connectivity index (χ1) is 11.2. The topological polar surface area (TPSA) is 49.8 Å². The Kier molecular flexibility index (Phi) is 5.86. The van der Waals surface area contributed by atoms with Crippen molar-refractivity contribution in [2.45, 2.75) is 77.2 Å². The van der Waals surface area contributed by atoms with Gasteiger partial charge in [0.1, 0.15) is 11.4 Å². The van der Waals surface area contributed by atoms with Gasteiger partial charge in [-0.2, -0.15) is 0 Å². The molecule has 1 aromatic rings. The molecule has 0 radical (unpaired) electrons. The molecule has 1 unspecified atom stereocenters. The van der Waals surface area contributed by atoms with E-state index in [1.54, 1.807) is 17.0 Å². The summed E-state index contributed by atoms with van der Waals surface area (Å²) < 4.78 is 19.0. The van der Waals surface area contributed by atoms with Gasteiger partial charge < -0.3 is 9.84 Å². The minimum absolute atomic E-state index is 0.0538. The fourth-order valence-electron chi connectivity index (χ4n) is 3.35. The number of hydrogen-bond acceptors (Lipinski definition) is 3. The summed E-state index contributed by atoms with van der Waals surface area (Å²) in [5.74, 6) is -0.390. The van der Waals surface area contributed by atoms with E-state index in [1.807, 2.05) is 20.8 Å². The van der Waals surface area contributed by atoms with E-state index in [1.165, 1.54) is 12.1 Å². The van der Waals surface area contributed by atoms with E-state index < -0.39 is 29.7 Å². The molecule has 3 atom stereocenters. The van der Waals surface area contributed by atoms with Crippen LogP contribution in [0.2, 0.25) is 0 Å². The number of hydrogen-bond donors (Lipinski definition) is 1. The molecule has 1 aliphatic heterocycles. The largest absolute Gasteiger partial charge is 0.444 e. The highest BCUT2D eigenvalue weighted by Gasteiger charge is 2.42. The maximum atomic E-state index is 13.5. The molecule has 1 N–H and O–H groups in total. The third kappa shape index (κ3) is 4.47. The quantitative estimate of drug-likeness (QED) is 0.884. The fourth-order valence-corrected chi connectivity index (χ4v) is 3.35. The van der Waals surface area contributed by atoms with Crippen molar-refractivity contribution in [3.63, 3.8) is 0 Å². The average molecular weight is 337 g/mol. The molecule has 2 rings (SSSR count). The number of carbonyl (C=O) groups excluding carboxylic acids is 1. The summed E-state index contributed by atoms with van der Waals surface area (Å²) in [6.45, 7) is 7.55. The van der Waals surface area contributed by atoms with Gasteiger partial charge in [0.05, 0.1) is 12.1 Å². The van der Waals surface area contributed by atoms with Crippen LogP contribution in [0.4, 0.5) is 9.18 Å². The van der Waals surface area contributed by atoms with Crippen molar-refractivity contribution in [1.82, 2.24) is 4.90 Å². The van der Waals surface area contributed by atoms with Gasteiger partial charge in [-0.1, -0.05) is 25.5 Å². The van der Waals surface area contributed by atoms with Gasteiger partial charge in [0.15, 0.2) is 0 Å². The van der Waals surface area contributed by atoms with Crippen molar-refractivity contribution < 1.29 is 19.0 Å². The number of amides is 1. The Hall–Kier alpha value is -1.62. The van der Waals surface area contributed by atoms with Crippen LogP contribution in [0.15, 0.2) is 24.3 Å². The molecule has 0 aliphatic carbocycles. The minimum atomic E-state index is -0.921. The van der Waals surface area contributed by atoms with Gasteiger partial charge in [-0.25, -0.2) is 9.18 Å². The smallest absolute Gasteiger partial charge is 0.410 e. The van der Waals surface area contributed by atoms with Crippen LogP contribution in [0.25, 0.3) is 0 Å². The second-order valence-corrected chi connectivity index (χ2v) is 7.47. The van der Waals surface area contributed by atoms with Crippen molar-refractivity contribution in [1.29, 1.82) is 0 Å². The maximum Gasteiger partial charge on any atom is 0.410 e. The van der Waals surface area contributed by atoms with Crippen LogP contribution < -0.4 is 0 Å². The Labute approximate surface area is 143 Å². The summed E-state index contributed by atoms with van der Waals surface area (Å²) in [5.41, 5.74) is -0.101. The standard InChI is InChI=1S/C19H28FNO3/c1-5-7-15-10-11-16(21(15)18(23)24-19(2,3)4)17(22)13-8-6-9-14(20)12-13/h6,8-9,12,15-17,22H,5,7,10-11H2,1-4H3/t15-,16+,17?/m0/s1. The second-order valence-electron chi connectivity index (χ2n) is 7.47. The van der Waals surface area contributed by atoms with Crippen molar-refractivity contribution in [2.75, 3.05) is 0 Å². The van der Waals surface area contributed by atoms with Gasteiger partial charge >= 0.3 is 6.09 Å². The summed E-state index contributed by atoms with van der Waals surface area (Å²) in [5, 5.41) is 10.7. The van der Waals surface area contributed by atoms with Crippen molar-refractivity contribution >= 4 is 6.09 Å². The van der Waals surface area contributed by atoms with Crippen LogP contribution in [0.1, 0.15) is 65.0 Å². The number of nitrogens with zero attached hydrogens (tertiary/aromatic N) is 1. The molecule has 24 heavy (non-hydrogen) atoms. The Bertz CT molecular complexity index is 570. The van der Waals surface area contributed by atoms with Crippen molar-refractivity contribution in [3.8, 4) is 0 Å². The Morgan fingerprint density at radius 2 is 2.12 bits per heavy atom. The van der Waals surface area contributed by atoms with Crippen LogP contribution in [0.5, 0.6) is 0 Å². The maximum absolute atomic E-state index is 13.5. The lowest BCUT2D eigenvalue weighted by atomic mass is 10.0. The minimum Gasteiger partial charge on any atom is -0.444 e. The summed E-state index contributed by atoms with van der Waals surface area (Å²) in [4.78, 5) is 14.3. The number of benzene rings is 1. The summed E-state index contributed by atoms with van der Waals surface area (Å²) in [6, 6.07) is 5.59. The molecule has 0 saturated carbocycles. The predicted molar refractivity (Wildman–Crippen MR) is 91.2 cm³/mol. The average Bonchev–Trinajstić information content (AvgIpc) is 2.89. The zero-order valence-corrected chi connectivity index (χ0v) is 15.0. The third-order valence-corrected chi connectivity index (χ3v) is 4.33. The van der Waals surface area contributed by atoms with Gasteiger partial charge in [-0.15, -0.1) is 0 Å². The number of ether oxygens (including phenoxy) is 1. The lowest BCUT2D eigenvalue weighted by molar-refractivity contribution is -0.00541. The molecule has 1 saturated heterocycles. The lowest BCUT2D eigenvalue weighted by Crippen LogP contribution is -2.46. The molecule has 1 fully saturated rings. The van der Waals surface area contributed by atoms with Crippen LogP contribution in [-0.2, 0) is 4.74 Å². The number of likely N-dealkylation sites (tertiary alicyclic amines) is 1. The number of halogens is 1. The molecular weight excluding hydrogens is 309 g/mol. The Morgan fingerprint density at radius 3 is 2.71 bits per heavy atom. The van der Waals surface area contributed by atoms with Crippen LogP contribution in [0.3, 0.4) is 0 Å². The first-order valence-electron chi connectivity index (χ1n) is 8.67. The number of aliphatic hydroxyl groups excluding tert-OH is 1. The molecule has 1 amide bonds. The molecule has 0 spiro atoms. The van der Waals surface area contributed by atoms with E-state index in [2.05, 4.69) is 6.92 Å². The van der Waals surface area contributed by atoms with Crippen LogP contribution in [0, 0.1) is 5.82 Å². The van der Waals surface area contributed by atoms with Gasteiger partial charge in [0.2, 0.25) is 0 Å². The van der Waals surface area contributed by atoms with Crippen molar-refractivity contribution in [2.24, 2.45) is 0 Å². The number of rotatable bonds is 4. The molecule has 134 valence electrons.